The molecule has 1 saturated heterocycles. The van der Waals surface area contributed by atoms with E-state index in [4.69, 9.17) is 18.0 Å². The number of thiocarbonyl (C=S) groups is 1. The maximum Gasteiger partial charge on any atom is 0.280 e. The van der Waals surface area contributed by atoms with E-state index in [-0.39, 0.29) is 4.99 Å². The van der Waals surface area contributed by atoms with Crippen molar-refractivity contribution in [2.45, 2.75) is 32.2 Å². The van der Waals surface area contributed by atoms with Crippen molar-refractivity contribution in [1.29, 1.82) is 0 Å². The zero-order valence-corrected chi connectivity index (χ0v) is 13.5. The Morgan fingerprint density at radius 1 is 1.37 bits per heavy atom. The van der Waals surface area contributed by atoms with Gasteiger partial charge in [0.2, 0.25) is 0 Å². The molecule has 0 aromatic carbocycles. The van der Waals surface area contributed by atoms with Gasteiger partial charge in [-0.05, 0) is 19.9 Å². The molecular weight excluding hydrogens is 284 g/mol. The highest BCUT2D eigenvalue weighted by molar-refractivity contribution is 7.87. The smallest absolute Gasteiger partial charge is 0.280 e. The van der Waals surface area contributed by atoms with Gasteiger partial charge in [0.15, 0.2) is 0 Å². The Bertz CT molecular complexity index is 412. The Morgan fingerprint density at radius 2 is 1.84 bits per heavy atom. The maximum atomic E-state index is 12.3. The van der Waals surface area contributed by atoms with Crippen LogP contribution in [0.1, 0.15) is 26.7 Å². The lowest BCUT2D eigenvalue weighted by molar-refractivity contribution is 0.218. The molecule has 112 valence electrons. The van der Waals surface area contributed by atoms with Crippen LogP contribution in [-0.2, 0) is 10.2 Å². The first-order chi connectivity index (χ1) is 8.77. The highest BCUT2D eigenvalue weighted by Crippen LogP contribution is 2.23. The second kappa shape index (κ2) is 6.45. The fraction of sp³-hybridized carbons (Fsp3) is 0.909. The highest BCUT2D eigenvalue weighted by Gasteiger charge is 2.41. The summed E-state index contributed by atoms with van der Waals surface area (Å²) in [6, 6.07) is 0. The molecule has 0 aromatic rings. The minimum absolute atomic E-state index is 0.233. The molecular formula is C11H24N4O2S2. The summed E-state index contributed by atoms with van der Waals surface area (Å²) in [6.45, 7) is 6.03. The first-order valence-corrected chi connectivity index (χ1v) is 8.39. The van der Waals surface area contributed by atoms with Crippen molar-refractivity contribution in [2.75, 3.05) is 33.2 Å². The van der Waals surface area contributed by atoms with Gasteiger partial charge in [0.1, 0.15) is 0 Å². The Kier molecular flexibility index (Phi) is 5.69. The summed E-state index contributed by atoms with van der Waals surface area (Å²) in [6.07, 6.45) is 1.22. The molecule has 0 aliphatic carbocycles. The van der Waals surface area contributed by atoms with Crippen molar-refractivity contribution in [1.82, 2.24) is 13.9 Å². The van der Waals surface area contributed by atoms with Crippen molar-refractivity contribution in [3.63, 3.8) is 0 Å². The molecule has 8 heteroatoms. The number of hydrogen-bond donors (Lipinski definition) is 2. The number of rotatable bonds is 6. The molecule has 3 N–H and O–H groups in total. The monoisotopic (exact) mass is 308 g/mol. The Hall–Kier alpha value is -0.280. The molecule has 1 aliphatic heterocycles. The van der Waals surface area contributed by atoms with Crippen LogP contribution in [0.4, 0.5) is 0 Å². The standard InChI is InChI=1S/C11H24N4O2S2/c1-4-15(5-2)19(16,17)13-11(10(12)18)6-8-14(3)9-7-11/h13H,4-9H2,1-3H3,(H2,12,18). The maximum absolute atomic E-state index is 12.3. The molecule has 0 spiro atoms. The van der Waals surface area contributed by atoms with Gasteiger partial charge in [-0.2, -0.15) is 17.4 Å². The lowest BCUT2D eigenvalue weighted by Crippen LogP contribution is -2.63. The fourth-order valence-electron chi connectivity index (χ4n) is 2.27. The van der Waals surface area contributed by atoms with E-state index in [0.29, 0.717) is 25.9 Å². The van der Waals surface area contributed by atoms with E-state index in [1.54, 1.807) is 0 Å². The van der Waals surface area contributed by atoms with Gasteiger partial charge < -0.3 is 10.6 Å². The molecule has 0 radical (unpaired) electrons. The van der Waals surface area contributed by atoms with E-state index in [0.717, 1.165) is 13.1 Å². The van der Waals surface area contributed by atoms with E-state index in [9.17, 15) is 8.42 Å². The molecule has 0 atom stereocenters. The van der Waals surface area contributed by atoms with Crippen LogP contribution in [0.15, 0.2) is 0 Å². The third-order valence-electron chi connectivity index (χ3n) is 3.68. The average Bonchev–Trinajstić information content (AvgIpc) is 2.33. The second-order valence-corrected chi connectivity index (χ2v) is 7.05. The van der Waals surface area contributed by atoms with Crippen molar-refractivity contribution < 1.29 is 8.42 Å². The first-order valence-electron chi connectivity index (χ1n) is 6.55. The van der Waals surface area contributed by atoms with Gasteiger partial charge >= 0.3 is 0 Å². The molecule has 0 unspecified atom stereocenters. The lowest BCUT2D eigenvalue weighted by atomic mass is 9.89. The van der Waals surface area contributed by atoms with E-state index in [1.165, 1.54) is 4.31 Å². The molecule has 0 bridgehead atoms. The zero-order valence-electron chi connectivity index (χ0n) is 11.8. The molecule has 1 rings (SSSR count). The van der Waals surface area contributed by atoms with Crippen LogP contribution in [0, 0.1) is 0 Å². The van der Waals surface area contributed by atoms with Gasteiger partial charge in [-0.25, -0.2) is 0 Å². The van der Waals surface area contributed by atoms with Crippen molar-refractivity contribution in [2.24, 2.45) is 5.73 Å². The molecule has 19 heavy (non-hydrogen) atoms. The van der Waals surface area contributed by atoms with Crippen LogP contribution in [-0.4, -0.2) is 61.4 Å². The topological polar surface area (TPSA) is 78.7 Å². The third kappa shape index (κ3) is 3.85. The van der Waals surface area contributed by atoms with Crippen LogP contribution < -0.4 is 10.5 Å². The van der Waals surface area contributed by atoms with Crippen LogP contribution in [0.3, 0.4) is 0 Å². The molecule has 6 nitrogen and oxygen atoms in total. The molecule has 0 amide bonds. The average molecular weight is 308 g/mol. The largest absolute Gasteiger partial charge is 0.392 e. The van der Waals surface area contributed by atoms with Gasteiger partial charge in [0.25, 0.3) is 10.2 Å². The molecule has 1 heterocycles. The van der Waals surface area contributed by atoms with Gasteiger partial charge in [-0.3, -0.25) is 0 Å². The predicted octanol–water partition coefficient (Wildman–Crippen LogP) is -0.0869. The van der Waals surface area contributed by atoms with Crippen LogP contribution in [0.5, 0.6) is 0 Å². The van der Waals surface area contributed by atoms with Gasteiger partial charge in [0, 0.05) is 26.2 Å². The van der Waals surface area contributed by atoms with Crippen LogP contribution in [0.2, 0.25) is 0 Å². The Labute approximate surface area is 121 Å². The van der Waals surface area contributed by atoms with Crippen LogP contribution >= 0.6 is 12.2 Å². The SMILES string of the molecule is CCN(CC)S(=O)(=O)NC1(C(N)=S)CCN(C)CC1. The molecule has 1 aliphatic rings. The summed E-state index contributed by atoms with van der Waals surface area (Å²) in [5.74, 6) is 0. The summed E-state index contributed by atoms with van der Waals surface area (Å²) in [5.41, 5.74) is 5.02. The highest BCUT2D eigenvalue weighted by atomic mass is 32.2. The van der Waals surface area contributed by atoms with Crippen molar-refractivity contribution >= 4 is 27.4 Å². The zero-order chi connectivity index (χ0) is 14.7. The summed E-state index contributed by atoms with van der Waals surface area (Å²) in [7, 11) is -1.54. The number of nitrogens with two attached hydrogens (primary N) is 1. The summed E-state index contributed by atoms with van der Waals surface area (Å²) >= 11 is 5.11. The lowest BCUT2D eigenvalue weighted by Gasteiger charge is -2.41. The number of nitrogens with one attached hydrogen (secondary N) is 1. The molecule has 0 saturated carbocycles. The predicted molar refractivity (Wildman–Crippen MR) is 81.2 cm³/mol. The van der Waals surface area contributed by atoms with Gasteiger partial charge in [-0.1, -0.05) is 26.1 Å². The number of piperidine rings is 1. The summed E-state index contributed by atoms with van der Waals surface area (Å²) < 4.78 is 28.8. The molecule has 1 fully saturated rings. The van der Waals surface area contributed by atoms with Crippen LogP contribution in [0.25, 0.3) is 0 Å². The van der Waals surface area contributed by atoms with Gasteiger partial charge in [0.05, 0.1) is 10.5 Å². The minimum atomic E-state index is -3.55. The fourth-order valence-corrected chi connectivity index (χ4v) is 4.21. The van der Waals surface area contributed by atoms with Crippen molar-refractivity contribution in [3.05, 3.63) is 0 Å². The Balaban J connectivity index is 2.94. The Morgan fingerprint density at radius 3 is 2.21 bits per heavy atom. The minimum Gasteiger partial charge on any atom is -0.392 e. The van der Waals surface area contributed by atoms with E-state index in [2.05, 4.69) is 9.62 Å². The number of nitrogens with zero attached hydrogens (tertiary/aromatic N) is 2. The summed E-state index contributed by atoms with van der Waals surface area (Å²) in [5, 5.41) is 0. The molecule has 0 aromatic heterocycles. The van der Waals surface area contributed by atoms with E-state index in [1.807, 2.05) is 20.9 Å². The third-order valence-corrected chi connectivity index (χ3v) is 5.92. The van der Waals surface area contributed by atoms with E-state index >= 15 is 0 Å². The number of likely N-dealkylation sites (tertiary alicyclic amines) is 1. The normalized spacial score (nSPS) is 20.6. The summed E-state index contributed by atoms with van der Waals surface area (Å²) in [4.78, 5) is 2.37. The quantitative estimate of drug-likeness (QED) is 0.671. The first kappa shape index (κ1) is 16.8. The van der Waals surface area contributed by atoms with Crippen molar-refractivity contribution in [3.8, 4) is 0 Å². The van der Waals surface area contributed by atoms with Gasteiger partial charge in [-0.15, -0.1) is 0 Å². The van der Waals surface area contributed by atoms with E-state index < -0.39 is 15.7 Å². The number of hydrogen-bond acceptors (Lipinski definition) is 4. The second-order valence-electron chi connectivity index (χ2n) is 4.94.